The van der Waals surface area contributed by atoms with Crippen LogP contribution in [0.5, 0.6) is 0 Å². The molecule has 0 heterocycles. The fraction of sp³-hybridized carbons (Fsp3) is 0.455. The third kappa shape index (κ3) is 4.03. The molecule has 0 N–H and O–H groups in total. The third-order valence-electron chi connectivity index (χ3n) is 4.98. The molecule has 0 unspecified atom stereocenters. The summed E-state index contributed by atoms with van der Waals surface area (Å²) in [4.78, 5) is 2.82. The van der Waals surface area contributed by atoms with Gasteiger partial charge in [0.2, 0.25) is 0 Å². The molecule has 2 rings (SSSR count). The summed E-state index contributed by atoms with van der Waals surface area (Å²) in [6.07, 6.45) is 4.50. The Kier molecular flexibility index (Phi) is 7.31. The van der Waals surface area contributed by atoms with Gasteiger partial charge in [0.15, 0.2) is 0 Å². The highest BCUT2D eigenvalue weighted by atomic mass is 33.1. The number of rotatable bonds is 7. The SMILES string of the molecule is CCc1ccc(SSc2ccc(CC)c(CC)c2C)c(C)c1CC. The van der Waals surface area contributed by atoms with Crippen molar-refractivity contribution in [2.24, 2.45) is 0 Å². The second-order valence-electron chi connectivity index (χ2n) is 6.23. The topological polar surface area (TPSA) is 0 Å². The smallest absolute Gasteiger partial charge is 0.0218 e. The Morgan fingerprint density at radius 2 is 0.958 bits per heavy atom. The van der Waals surface area contributed by atoms with E-state index in [0.717, 1.165) is 25.7 Å². The molecule has 0 atom stereocenters. The highest BCUT2D eigenvalue weighted by molar-refractivity contribution is 8.76. The van der Waals surface area contributed by atoms with E-state index in [9.17, 15) is 0 Å². The summed E-state index contributed by atoms with van der Waals surface area (Å²) in [7, 11) is 3.82. The average molecular weight is 359 g/mol. The molecule has 0 nitrogen and oxygen atoms in total. The molecular weight excluding hydrogens is 328 g/mol. The molecule has 0 aliphatic heterocycles. The molecule has 0 amide bonds. The van der Waals surface area contributed by atoms with E-state index in [-0.39, 0.29) is 0 Å². The Labute approximate surface area is 156 Å². The lowest BCUT2D eigenvalue weighted by Gasteiger charge is -2.16. The van der Waals surface area contributed by atoms with Gasteiger partial charge in [0, 0.05) is 9.79 Å². The quantitative estimate of drug-likeness (QED) is 0.474. The fourth-order valence-corrected chi connectivity index (χ4v) is 6.05. The molecule has 0 fully saturated rings. The van der Waals surface area contributed by atoms with E-state index in [2.05, 4.69) is 65.8 Å². The van der Waals surface area contributed by atoms with Crippen LogP contribution in [0.2, 0.25) is 0 Å². The van der Waals surface area contributed by atoms with Gasteiger partial charge in [-0.1, -0.05) is 61.4 Å². The predicted molar refractivity (Wildman–Crippen MR) is 112 cm³/mol. The molecule has 0 bridgehead atoms. The van der Waals surface area contributed by atoms with Crippen molar-refractivity contribution in [1.29, 1.82) is 0 Å². The van der Waals surface area contributed by atoms with Gasteiger partial charge < -0.3 is 0 Å². The standard InChI is InChI=1S/C22H30S2/c1-7-17-11-13-21(15(5)19(17)9-3)23-24-22-14-12-18(8-2)20(10-4)16(22)6/h11-14H,7-10H2,1-6H3. The Morgan fingerprint density at radius 1 is 0.583 bits per heavy atom. The van der Waals surface area contributed by atoms with Gasteiger partial charge in [0.1, 0.15) is 0 Å². The summed E-state index contributed by atoms with van der Waals surface area (Å²) in [6.45, 7) is 13.6. The summed E-state index contributed by atoms with van der Waals surface area (Å²) in [5.41, 5.74) is 9.01. The summed E-state index contributed by atoms with van der Waals surface area (Å²) in [5.74, 6) is 0. The summed E-state index contributed by atoms with van der Waals surface area (Å²) in [5, 5.41) is 0. The van der Waals surface area contributed by atoms with E-state index in [1.807, 2.05) is 21.6 Å². The van der Waals surface area contributed by atoms with Crippen LogP contribution in [0.4, 0.5) is 0 Å². The molecule has 130 valence electrons. The lowest BCUT2D eigenvalue weighted by atomic mass is 9.98. The third-order valence-corrected chi connectivity index (χ3v) is 7.64. The largest absolute Gasteiger partial charge is 0.0613 e. The van der Waals surface area contributed by atoms with Crippen molar-refractivity contribution in [3.8, 4) is 0 Å². The van der Waals surface area contributed by atoms with Crippen molar-refractivity contribution in [1.82, 2.24) is 0 Å². The van der Waals surface area contributed by atoms with E-state index in [0.29, 0.717) is 0 Å². The molecule has 0 saturated carbocycles. The first-order chi connectivity index (χ1) is 11.6. The Bertz CT molecular complexity index is 640. The van der Waals surface area contributed by atoms with Crippen LogP contribution in [0.3, 0.4) is 0 Å². The number of hydrogen-bond acceptors (Lipinski definition) is 2. The molecule has 0 aromatic heterocycles. The average Bonchev–Trinajstić information content (AvgIpc) is 2.60. The van der Waals surface area contributed by atoms with Gasteiger partial charge in [-0.15, -0.1) is 0 Å². The lowest BCUT2D eigenvalue weighted by molar-refractivity contribution is 0.998. The molecule has 0 aliphatic carbocycles. The normalized spacial score (nSPS) is 11.1. The minimum Gasteiger partial charge on any atom is -0.0613 e. The van der Waals surface area contributed by atoms with E-state index < -0.39 is 0 Å². The number of aryl methyl sites for hydroxylation is 2. The van der Waals surface area contributed by atoms with Crippen LogP contribution in [-0.4, -0.2) is 0 Å². The Balaban J connectivity index is 2.26. The highest BCUT2D eigenvalue weighted by Gasteiger charge is 2.12. The zero-order valence-corrected chi connectivity index (χ0v) is 17.6. The first kappa shape index (κ1) is 19.5. The monoisotopic (exact) mass is 358 g/mol. The Hall–Kier alpha value is -0.860. The second kappa shape index (κ2) is 9.01. The summed E-state index contributed by atoms with van der Waals surface area (Å²) >= 11 is 0. The highest BCUT2D eigenvalue weighted by Crippen LogP contribution is 2.42. The zero-order chi connectivity index (χ0) is 17.7. The van der Waals surface area contributed by atoms with Crippen molar-refractivity contribution in [3.63, 3.8) is 0 Å². The zero-order valence-electron chi connectivity index (χ0n) is 16.0. The van der Waals surface area contributed by atoms with Gasteiger partial charge in [-0.25, -0.2) is 0 Å². The van der Waals surface area contributed by atoms with Crippen molar-refractivity contribution in [2.75, 3.05) is 0 Å². The van der Waals surface area contributed by atoms with Gasteiger partial charge >= 0.3 is 0 Å². The fourth-order valence-electron chi connectivity index (χ4n) is 3.50. The van der Waals surface area contributed by atoms with Crippen molar-refractivity contribution < 1.29 is 0 Å². The first-order valence-electron chi connectivity index (χ1n) is 9.14. The van der Waals surface area contributed by atoms with Gasteiger partial charge in [-0.2, -0.15) is 0 Å². The van der Waals surface area contributed by atoms with Gasteiger partial charge in [0.05, 0.1) is 0 Å². The predicted octanol–water partition coefficient (Wildman–Crippen LogP) is 7.35. The number of benzene rings is 2. The van der Waals surface area contributed by atoms with Crippen molar-refractivity contribution in [3.05, 3.63) is 57.6 Å². The molecule has 2 heteroatoms. The summed E-state index contributed by atoms with van der Waals surface area (Å²) < 4.78 is 0. The molecule has 2 aromatic carbocycles. The van der Waals surface area contributed by atoms with Gasteiger partial charge in [0.25, 0.3) is 0 Å². The van der Waals surface area contributed by atoms with E-state index in [4.69, 9.17) is 0 Å². The van der Waals surface area contributed by atoms with Crippen molar-refractivity contribution >= 4 is 21.6 Å². The van der Waals surface area contributed by atoms with Crippen LogP contribution < -0.4 is 0 Å². The maximum atomic E-state index is 2.32. The minimum atomic E-state index is 1.12. The van der Waals surface area contributed by atoms with E-state index >= 15 is 0 Å². The van der Waals surface area contributed by atoms with Crippen LogP contribution in [0.15, 0.2) is 34.1 Å². The molecular formula is C22H30S2. The van der Waals surface area contributed by atoms with E-state index in [1.54, 1.807) is 0 Å². The van der Waals surface area contributed by atoms with E-state index in [1.165, 1.54) is 43.2 Å². The Morgan fingerprint density at radius 3 is 1.25 bits per heavy atom. The molecule has 0 radical (unpaired) electrons. The lowest BCUT2D eigenvalue weighted by Crippen LogP contribution is -1.97. The van der Waals surface area contributed by atoms with Crippen LogP contribution in [0.1, 0.15) is 61.1 Å². The number of hydrogen-bond donors (Lipinski definition) is 0. The van der Waals surface area contributed by atoms with Crippen LogP contribution in [-0.2, 0) is 25.7 Å². The van der Waals surface area contributed by atoms with Crippen molar-refractivity contribution in [2.45, 2.75) is 77.0 Å². The van der Waals surface area contributed by atoms with Gasteiger partial charge in [-0.3, -0.25) is 0 Å². The maximum Gasteiger partial charge on any atom is 0.0218 e. The minimum absolute atomic E-state index is 1.12. The van der Waals surface area contributed by atoms with Crippen LogP contribution in [0.25, 0.3) is 0 Å². The maximum absolute atomic E-state index is 2.32. The van der Waals surface area contributed by atoms with Crippen LogP contribution in [0, 0.1) is 13.8 Å². The van der Waals surface area contributed by atoms with Gasteiger partial charge in [-0.05, 0) is 85.0 Å². The molecule has 0 aliphatic rings. The first-order valence-corrected chi connectivity index (χ1v) is 11.3. The second-order valence-corrected chi connectivity index (χ2v) is 8.45. The van der Waals surface area contributed by atoms with Crippen LogP contribution >= 0.6 is 21.6 Å². The molecule has 0 spiro atoms. The molecule has 24 heavy (non-hydrogen) atoms. The summed E-state index contributed by atoms with van der Waals surface area (Å²) in [6, 6.07) is 9.25. The molecule has 0 saturated heterocycles. The molecule has 2 aromatic rings.